The molecule has 0 saturated carbocycles. The molecule has 1 aliphatic rings. The molecule has 116 valence electrons. The van der Waals surface area contributed by atoms with Gasteiger partial charge in [-0.15, -0.1) is 0 Å². The number of likely N-dealkylation sites (N-methyl/N-ethyl adjacent to an activating group) is 1. The molecule has 2 heterocycles. The van der Waals surface area contributed by atoms with E-state index in [1.54, 1.807) is 11.1 Å². The van der Waals surface area contributed by atoms with Gasteiger partial charge < -0.3 is 20.3 Å². The van der Waals surface area contributed by atoms with Crippen molar-refractivity contribution in [2.24, 2.45) is 0 Å². The fourth-order valence-corrected chi connectivity index (χ4v) is 2.02. The first-order chi connectivity index (χ1) is 10.2. The molecule has 8 heteroatoms. The van der Waals surface area contributed by atoms with E-state index < -0.39 is 0 Å². The van der Waals surface area contributed by atoms with Crippen molar-refractivity contribution in [1.29, 1.82) is 0 Å². The van der Waals surface area contributed by atoms with Crippen LogP contribution in [0.3, 0.4) is 0 Å². The van der Waals surface area contributed by atoms with Crippen LogP contribution in [0, 0.1) is 0 Å². The van der Waals surface area contributed by atoms with E-state index in [2.05, 4.69) is 15.7 Å². The van der Waals surface area contributed by atoms with Gasteiger partial charge in [-0.2, -0.15) is 5.10 Å². The molecular formula is C13H21N5O3. The summed E-state index contributed by atoms with van der Waals surface area (Å²) in [4.78, 5) is 25.7. The van der Waals surface area contributed by atoms with Crippen molar-refractivity contribution in [1.82, 2.24) is 20.0 Å². The standard InChI is InChI=1S/C13H21N5O3/c1-14-2-3-15-11-8-12(19)18(16-9-11)10-13(20)17-4-6-21-7-5-17/h8-9,14-15H,2-7,10H2,1H3. The van der Waals surface area contributed by atoms with Gasteiger partial charge in [-0.25, -0.2) is 4.68 Å². The molecule has 21 heavy (non-hydrogen) atoms. The van der Waals surface area contributed by atoms with Crippen molar-refractivity contribution >= 4 is 11.6 Å². The van der Waals surface area contributed by atoms with E-state index in [-0.39, 0.29) is 18.0 Å². The van der Waals surface area contributed by atoms with Gasteiger partial charge in [0.05, 0.1) is 25.1 Å². The first-order valence-corrected chi connectivity index (χ1v) is 7.02. The van der Waals surface area contributed by atoms with Gasteiger partial charge in [0.15, 0.2) is 0 Å². The molecule has 0 aliphatic carbocycles. The maximum atomic E-state index is 12.1. The molecule has 0 bridgehead atoms. The van der Waals surface area contributed by atoms with Gasteiger partial charge in [-0.05, 0) is 7.05 Å². The number of anilines is 1. The van der Waals surface area contributed by atoms with Gasteiger partial charge in [0.25, 0.3) is 5.56 Å². The van der Waals surface area contributed by atoms with E-state index >= 15 is 0 Å². The summed E-state index contributed by atoms with van der Waals surface area (Å²) in [6.45, 7) is 3.68. The number of hydrogen-bond acceptors (Lipinski definition) is 6. The smallest absolute Gasteiger partial charge is 0.269 e. The van der Waals surface area contributed by atoms with Gasteiger partial charge in [0.1, 0.15) is 6.54 Å². The van der Waals surface area contributed by atoms with Crippen molar-refractivity contribution in [3.63, 3.8) is 0 Å². The lowest BCUT2D eigenvalue weighted by atomic mass is 10.4. The number of amides is 1. The van der Waals surface area contributed by atoms with Crippen molar-refractivity contribution in [3.05, 3.63) is 22.6 Å². The molecule has 0 aromatic carbocycles. The SMILES string of the molecule is CNCCNc1cnn(CC(=O)N2CCOCC2)c(=O)c1. The summed E-state index contributed by atoms with van der Waals surface area (Å²) < 4.78 is 6.38. The van der Waals surface area contributed by atoms with Crippen LogP contribution in [0.1, 0.15) is 0 Å². The van der Waals surface area contributed by atoms with Crippen molar-refractivity contribution in [2.45, 2.75) is 6.54 Å². The Morgan fingerprint density at radius 3 is 2.81 bits per heavy atom. The molecule has 0 atom stereocenters. The zero-order valence-corrected chi connectivity index (χ0v) is 12.2. The Bertz CT molecular complexity index is 525. The molecule has 1 aliphatic heterocycles. The molecule has 1 aromatic heterocycles. The van der Waals surface area contributed by atoms with Crippen molar-refractivity contribution in [2.75, 3.05) is 51.8 Å². The lowest BCUT2D eigenvalue weighted by Gasteiger charge is -2.26. The van der Waals surface area contributed by atoms with Gasteiger partial charge in [0, 0.05) is 32.2 Å². The molecule has 8 nitrogen and oxygen atoms in total. The van der Waals surface area contributed by atoms with Crippen LogP contribution in [0.4, 0.5) is 5.69 Å². The predicted molar refractivity (Wildman–Crippen MR) is 78.3 cm³/mol. The van der Waals surface area contributed by atoms with Crippen LogP contribution in [0.25, 0.3) is 0 Å². The number of rotatable bonds is 6. The molecule has 1 amide bonds. The van der Waals surface area contributed by atoms with Gasteiger partial charge in [0.2, 0.25) is 5.91 Å². The fourth-order valence-electron chi connectivity index (χ4n) is 2.02. The fraction of sp³-hybridized carbons (Fsp3) is 0.615. The highest BCUT2D eigenvalue weighted by Crippen LogP contribution is 2.01. The lowest BCUT2D eigenvalue weighted by Crippen LogP contribution is -2.43. The van der Waals surface area contributed by atoms with Crippen LogP contribution in [0.15, 0.2) is 17.1 Å². The molecule has 1 saturated heterocycles. The van der Waals surface area contributed by atoms with Crippen LogP contribution in [-0.2, 0) is 16.1 Å². The zero-order chi connectivity index (χ0) is 15.1. The Morgan fingerprint density at radius 2 is 2.14 bits per heavy atom. The second-order valence-corrected chi connectivity index (χ2v) is 4.76. The molecule has 2 rings (SSSR count). The molecular weight excluding hydrogens is 274 g/mol. The topological polar surface area (TPSA) is 88.5 Å². The third-order valence-electron chi connectivity index (χ3n) is 3.22. The Kier molecular flexibility index (Phi) is 5.70. The van der Waals surface area contributed by atoms with Crippen LogP contribution >= 0.6 is 0 Å². The Balaban J connectivity index is 1.93. The summed E-state index contributed by atoms with van der Waals surface area (Å²) in [6, 6.07) is 1.45. The number of carbonyl (C=O) groups is 1. The largest absolute Gasteiger partial charge is 0.382 e. The normalized spacial score (nSPS) is 15.0. The summed E-state index contributed by atoms with van der Waals surface area (Å²) in [5, 5.41) is 10.1. The Labute approximate surface area is 123 Å². The summed E-state index contributed by atoms with van der Waals surface area (Å²) in [7, 11) is 1.86. The Hall–Kier alpha value is -1.93. The molecule has 1 aromatic rings. The highest BCUT2D eigenvalue weighted by molar-refractivity contribution is 5.76. The first-order valence-electron chi connectivity index (χ1n) is 7.02. The third kappa shape index (κ3) is 4.54. The van der Waals surface area contributed by atoms with Gasteiger partial charge in [-0.3, -0.25) is 9.59 Å². The molecule has 2 N–H and O–H groups in total. The number of hydrogen-bond donors (Lipinski definition) is 2. The van der Waals surface area contributed by atoms with E-state index in [0.29, 0.717) is 38.5 Å². The average molecular weight is 295 g/mol. The van der Waals surface area contributed by atoms with E-state index in [1.165, 1.54) is 10.7 Å². The maximum absolute atomic E-state index is 12.1. The van der Waals surface area contributed by atoms with E-state index in [0.717, 1.165) is 6.54 Å². The van der Waals surface area contributed by atoms with Crippen molar-refractivity contribution < 1.29 is 9.53 Å². The average Bonchev–Trinajstić information content (AvgIpc) is 2.51. The predicted octanol–water partition coefficient (Wildman–Crippen LogP) is -1.27. The van der Waals surface area contributed by atoms with E-state index in [1.807, 2.05) is 7.05 Å². The highest BCUT2D eigenvalue weighted by Gasteiger charge is 2.17. The lowest BCUT2D eigenvalue weighted by molar-refractivity contribution is -0.136. The van der Waals surface area contributed by atoms with Crippen LogP contribution < -0.4 is 16.2 Å². The van der Waals surface area contributed by atoms with E-state index in [9.17, 15) is 9.59 Å². The minimum absolute atomic E-state index is 0.0321. The summed E-state index contributed by atoms with van der Waals surface area (Å²) in [6.07, 6.45) is 1.56. The Morgan fingerprint density at radius 1 is 1.38 bits per heavy atom. The number of ether oxygens (including phenoxy) is 1. The van der Waals surface area contributed by atoms with E-state index in [4.69, 9.17) is 4.74 Å². The molecule has 0 spiro atoms. The number of nitrogens with one attached hydrogen (secondary N) is 2. The minimum Gasteiger partial charge on any atom is -0.382 e. The summed E-state index contributed by atoms with van der Waals surface area (Å²) in [5.74, 6) is -0.108. The number of nitrogens with zero attached hydrogens (tertiary/aromatic N) is 3. The highest BCUT2D eigenvalue weighted by atomic mass is 16.5. The zero-order valence-electron chi connectivity index (χ0n) is 12.2. The summed E-state index contributed by atoms with van der Waals surface area (Å²) in [5.41, 5.74) is 0.372. The van der Waals surface area contributed by atoms with Crippen LogP contribution in [0.2, 0.25) is 0 Å². The van der Waals surface area contributed by atoms with Crippen molar-refractivity contribution in [3.8, 4) is 0 Å². The van der Waals surface area contributed by atoms with Crippen LogP contribution in [0.5, 0.6) is 0 Å². The number of aromatic nitrogens is 2. The third-order valence-corrected chi connectivity index (χ3v) is 3.22. The number of morpholine rings is 1. The van der Waals surface area contributed by atoms with Gasteiger partial charge >= 0.3 is 0 Å². The second-order valence-electron chi connectivity index (χ2n) is 4.76. The number of carbonyl (C=O) groups excluding carboxylic acids is 1. The van der Waals surface area contributed by atoms with Crippen LogP contribution in [-0.4, -0.2) is 67.0 Å². The molecule has 0 radical (unpaired) electrons. The monoisotopic (exact) mass is 295 g/mol. The maximum Gasteiger partial charge on any atom is 0.269 e. The van der Waals surface area contributed by atoms with Gasteiger partial charge in [-0.1, -0.05) is 0 Å². The second kappa shape index (κ2) is 7.75. The quantitative estimate of drug-likeness (QED) is 0.637. The molecule has 1 fully saturated rings. The first kappa shape index (κ1) is 15.5. The minimum atomic E-state index is -0.286. The molecule has 0 unspecified atom stereocenters. The summed E-state index contributed by atoms with van der Waals surface area (Å²) >= 11 is 0.